The van der Waals surface area contributed by atoms with Gasteiger partial charge in [-0.1, -0.05) is 12.2 Å². The van der Waals surface area contributed by atoms with E-state index < -0.39 is 5.82 Å². The van der Waals surface area contributed by atoms with Gasteiger partial charge < -0.3 is 16.4 Å². The summed E-state index contributed by atoms with van der Waals surface area (Å²) < 4.78 is 13.9. The Labute approximate surface area is 116 Å². The number of piperidine rings is 1. The summed E-state index contributed by atoms with van der Waals surface area (Å²) in [5.41, 5.74) is 11.7. The number of nitrogens with zero attached hydrogens (tertiary/aromatic N) is 1. The number of amides is 1. The van der Waals surface area contributed by atoms with Crippen molar-refractivity contribution in [3.63, 3.8) is 0 Å². The van der Waals surface area contributed by atoms with E-state index >= 15 is 0 Å². The van der Waals surface area contributed by atoms with E-state index in [0.29, 0.717) is 18.7 Å². The van der Waals surface area contributed by atoms with E-state index in [4.69, 9.17) is 23.7 Å². The zero-order valence-electron chi connectivity index (χ0n) is 10.4. The Balaban J connectivity index is 2.32. The molecule has 4 nitrogen and oxygen atoms in total. The summed E-state index contributed by atoms with van der Waals surface area (Å²) in [5, 5.41) is 0. The first-order chi connectivity index (χ1) is 9.00. The lowest BCUT2D eigenvalue weighted by Gasteiger charge is -2.35. The molecule has 1 atom stereocenters. The molecule has 0 aliphatic carbocycles. The van der Waals surface area contributed by atoms with Gasteiger partial charge in [-0.25, -0.2) is 4.39 Å². The molecule has 2 rings (SSSR count). The molecule has 1 saturated heterocycles. The SMILES string of the molecule is NC(=O)C1CCCCN1c1ccc(C(N)=S)c(F)c1. The van der Waals surface area contributed by atoms with Crippen LogP contribution in [0, 0.1) is 5.82 Å². The Bertz CT molecular complexity index is 521. The molecule has 102 valence electrons. The second-order valence-electron chi connectivity index (χ2n) is 4.64. The molecule has 1 amide bonds. The normalized spacial score (nSPS) is 19.2. The molecule has 1 aliphatic rings. The van der Waals surface area contributed by atoms with Gasteiger partial charge in [-0.15, -0.1) is 0 Å². The standard InChI is InChI=1S/C13H16FN3OS/c14-10-7-8(4-5-9(10)13(16)19)17-6-2-1-3-11(17)12(15)18/h4-5,7,11H,1-3,6H2,(H2,15,18)(H2,16,19). The summed E-state index contributed by atoms with van der Waals surface area (Å²) in [6, 6.07) is 4.25. The molecular formula is C13H16FN3OS. The smallest absolute Gasteiger partial charge is 0.240 e. The highest BCUT2D eigenvalue weighted by Gasteiger charge is 2.27. The fourth-order valence-corrected chi connectivity index (χ4v) is 2.58. The summed E-state index contributed by atoms with van der Waals surface area (Å²) in [6.45, 7) is 0.694. The minimum absolute atomic E-state index is 0.0224. The van der Waals surface area contributed by atoms with Gasteiger partial charge in [0, 0.05) is 17.8 Å². The van der Waals surface area contributed by atoms with Crippen LogP contribution in [0.5, 0.6) is 0 Å². The van der Waals surface area contributed by atoms with Gasteiger partial charge in [-0.05, 0) is 37.5 Å². The quantitative estimate of drug-likeness (QED) is 0.819. The largest absolute Gasteiger partial charge is 0.389 e. The summed E-state index contributed by atoms with van der Waals surface area (Å²) in [5.74, 6) is -0.850. The first-order valence-corrected chi connectivity index (χ1v) is 6.57. The third kappa shape index (κ3) is 2.84. The van der Waals surface area contributed by atoms with Gasteiger partial charge in [0.05, 0.1) is 0 Å². The monoisotopic (exact) mass is 281 g/mol. The van der Waals surface area contributed by atoms with E-state index in [-0.39, 0.29) is 22.5 Å². The molecule has 6 heteroatoms. The maximum absolute atomic E-state index is 13.9. The number of carbonyl (C=O) groups excluding carboxylic acids is 1. The average molecular weight is 281 g/mol. The highest BCUT2D eigenvalue weighted by Crippen LogP contribution is 2.26. The van der Waals surface area contributed by atoms with Gasteiger partial charge in [-0.2, -0.15) is 0 Å². The molecule has 4 N–H and O–H groups in total. The molecule has 1 aliphatic heterocycles. The number of anilines is 1. The van der Waals surface area contributed by atoms with Gasteiger partial charge in [-0.3, -0.25) is 4.79 Å². The van der Waals surface area contributed by atoms with Gasteiger partial charge in [0.2, 0.25) is 5.91 Å². The van der Waals surface area contributed by atoms with E-state index in [1.807, 2.05) is 4.90 Å². The summed E-state index contributed by atoms with van der Waals surface area (Å²) in [6.07, 6.45) is 2.62. The van der Waals surface area contributed by atoms with Gasteiger partial charge in [0.25, 0.3) is 0 Å². The number of thiocarbonyl (C=S) groups is 1. The summed E-state index contributed by atoms with van der Waals surface area (Å²) in [7, 11) is 0. The fourth-order valence-electron chi connectivity index (χ4n) is 2.42. The molecule has 0 bridgehead atoms. The summed E-state index contributed by atoms with van der Waals surface area (Å²) in [4.78, 5) is 13.3. The average Bonchev–Trinajstić information content (AvgIpc) is 2.38. The number of rotatable bonds is 3. The topological polar surface area (TPSA) is 72.4 Å². The minimum atomic E-state index is -0.473. The molecule has 0 saturated carbocycles. The first kappa shape index (κ1) is 13.7. The highest BCUT2D eigenvalue weighted by atomic mass is 32.1. The lowest BCUT2D eigenvalue weighted by atomic mass is 10.0. The number of halogens is 1. The Morgan fingerprint density at radius 2 is 2.11 bits per heavy atom. The van der Waals surface area contributed by atoms with Gasteiger partial charge in [0.1, 0.15) is 16.8 Å². The third-order valence-electron chi connectivity index (χ3n) is 3.38. The lowest BCUT2D eigenvalue weighted by Crippen LogP contribution is -2.47. The van der Waals surface area contributed by atoms with Crippen molar-refractivity contribution >= 4 is 28.8 Å². The fraction of sp³-hybridized carbons (Fsp3) is 0.385. The molecule has 1 heterocycles. The molecule has 1 fully saturated rings. The number of carbonyl (C=O) groups is 1. The number of benzene rings is 1. The predicted molar refractivity (Wildman–Crippen MR) is 76.5 cm³/mol. The van der Waals surface area contributed by atoms with Crippen LogP contribution in [-0.2, 0) is 4.79 Å². The number of nitrogens with two attached hydrogens (primary N) is 2. The minimum Gasteiger partial charge on any atom is -0.389 e. The third-order valence-corrected chi connectivity index (χ3v) is 3.60. The van der Waals surface area contributed by atoms with Crippen LogP contribution in [0.2, 0.25) is 0 Å². The number of hydrogen-bond donors (Lipinski definition) is 2. The second-order valence-corrected chi connectivity index (χ2v) is 5.08. The molecule has 0 radical (unpaired) electrons. The van der Waals surface area contributed by atoms with Crippen LogP contribution in [0.25, 0.3) is 0 Å². The van der Waals surface area contributed by atoms with Crippen molar-refractivity contribution < 1.29 is 9.18 Å². The van der Waals surface area contributed by atoms with Crippen LogP contribution in [-0.4, -0.2) is 23.5 Å². The van der Waals surface area contributed by atoms with Crippen molar-refractivity contribution in [2.75, 3.05) is 11.4 Å². The van der Waals surface area contributed by atoms with E-state index in [2.05, 4.69) is 0 Å². The first-order valence-electron chi connectivity index (χ1n) is 6.16. The van der Waals surface area contributed by atoms with E-state index in [9.17, 15) is 9.18 Å². The van der Waals surface area contributed by atoms with Crippen LogP contribution in [0.1, 0.15) is 24.8 Å². The number of primary amides is 1. The van der Waals surface area contributed by atoms with Crippen molar-refractivity contribution in [2.45, 2.75) is 25.3 Å². The predicted octanol–water partition coefficient (Wildman–Crippen LogP) is 1.30. The van der Waals surface area contributed by atoms with Gasteiger partial charge >= 0.3 is 0 Å². The molecule has 0 spiro atoms. The molecular weight excluding hydrogens is 265 g/mol. The molecule has 1 aromatic rings. The Morgan fingerprint density at radius 1 is 1.37 bits per heavy atom. The molecule has 1 aromatic carbocycles. The van der Waals surface area contributed by atoms with E-state index in [1.54, 1.807) is 12.1 Å². The maximum atomic E-state index is 13.9. The van der Waals surface area contributed by atoms with Crippen molar-refractivity contribution in [3.05, 3.63) is 29.6 Å². The van der Waals surface area contributed by atoms with Gasteiger partial charge in [0.15, 0.2) is 0 Å². The zero-order valence-corrected chi connectivity index (χ0v) is 11.3. The molecule has 1 unspecified atom stereocenters. The van der Waals surface area contributed by atoms with Crippen molar-refractivity contribution in [3.8, 4) is 0 Å². The van der Waals surface area contributed by atoms with E-state index in [1.165, 1.54) is 6.07 Å². The summed E-state index contributed by atoms with van der Waals surface area (Å²) >= 11 is 4.76. The second kappa shape index (κ2) is 5.52. The Hall–Kier alpha value is -1.69. The van der Waals surface area contributed by atoms with Crippen LogP contribution in [0.4, 0.5) is 10.1 Å². The van der Waals surface area contributed by atoms with Crippen molar-refractivity contribution in [2.24, 2.45) is 11.5 Å². The van der Waals surface area contributed by atoms with Crippen LogP contribution >= 0.6 is 12.2 Å². The maximum Gasteiger partial charge on any atom is 0.240 e. The molecule has 0 aromatic heterocycles. The zero-order chi connectivity index (χ0) is 14.0. The lowest BCUT2D eigenvalue weighted by molar-refractivity contribution is -0.119. The van der Waals surface area contributed by atoms with Crippen molar-refractivity contribution in [1.82, 2.24) is 0 Å². The Morgan fingerprint density at radius 3 is 2.68 bits per heavy atom. The highest BCUT2D eigenvalue weighted by molar-refractivity contribution is 7.80. The van der Waals surface area contributed by atoms with Crippen LogP contribution in [0.15, 0.2) is 18.2 Å². The number of hydrogen-bond acceptors (Lipinski definition) is 3. The van der Waals surface area contributed by atoms with E-state index in [0.717, 1.165) is 12.8 Å². The molecule has 19 heavy (non-hydrogen) atoms. The Kier molecular flexibility index (Phi) is 3.99. The van der Waals surface area contributed by atoms with Crippen molar-refractivity contribution in [1.29, 1.82) is 0 Å². The van der Waals surface area contributed by atoms with Crippen LogP contribution < -0.4 is 16.4 Å². The van der Waals surface area contributed by atoms with Crippen LogP contribution in [0.3, 0.4) is 0 Å².